The lowest BCUT2D eigenvalue weighted by molar-refractivity contribution is -0.119. The smallest absolute Gasteiger partial charge is 0.255 e. The summed E-state index contributed by atoms with van der Waals surface area (Å²) in [5, 5.41) is 3.39. The van der Waals surface area contributed by atoms with E-state index in [0.717, 1.165) is 36.1 Å². The van der Waals surface area contributed by atoms with Crippen LogP contribution in [0.5, 0.6) is 11.5 Å². The number of halogens is 1. The van der Waals surface area contributed by atoms with E-state index in [-0.39, 0.29) is 6.61 Å². The van der Waals surface area contributed by atoms with Gasteiger partial charge in [-0.1, -0.05) is 0 Å². The maximum absolute atomic E-state index is 10.8. The molecule has 0 saturated heterocycles. The summed E-state index contributed by atoms with van der Waals surface area (Å²) >= 11 is 3.44. The molecule has 0 atom stereocenters. The van der Waals surface area contributed by atoms with Crippen LogP contribution in [0.1, 0.15) is 12.0 Å². The molecule has 3 N–H and O–H groups in total. The molecule has 0 saturated carbocycles. The summed E-state index contributed by atoms with van der Waals surface area (Å²) in [6.07, 6.45) is 1.09. The minimum absolute atomic E-state index is 0.183. The van der Waals surface area contributed by atoms with Crippen molar-refractivity contribution < 1.29 is 14.3 Å². The van der Waals surface area contributed by atoms with Crippen molar-refractivity contribution in [3.63, 3.8) is 0 Å². The van der Waals surface area contributed by atoms with Gasteiger partial charge in [-0.3, -0.25) is 4.79 Å². The van der Waals surface area contributed by atoms with Gasteiger partial charge in [0.1, 0.15) is 0 Å². The Morgan fingerprint density at radius 1 is 1.41 bits per heavy atom. The molecule has 1 rings (SSSR count). The van der Waals surface area contributed by atoms with E-state index in [9.17, 15) is 4.79 Å². The fraction of sp³-hybridized carbons (Fsp3) is 0.533. The maximum atomic E-state index is 10.8. The molecule has 0 aliphatic carbocycles. The predicted molar refractivity (Wildman–Crippen MR) is 90.3 cm³/mol. The molecule has 1 aromatic rings. The summed E-state index contributed by atoms with van der Waals surface area (Å²) in [5.74, 6) is 0.527. The Labute approximate surface area is 140 Å². The van der Waals surface area contributed by atoms with Crippen LogP contribution in [0.4, 0.5) is 0 Å². The molecule has 1 amide bonds. The first-order valence-electron chi connectivity index (χ1n) is 7.07. The van der Waals surface area contributed by atoms with Crippen molar-refractivity contribution in [3.05, 3.63) is 22.2 Å². The Balaban J connectivity index is 2.62. The second kappa shape index (κ2) is 9.66. The van der Waals surface area contributed by atoms with Gasteiger partial charge in [-0.2, -0.15) is 0 Å². The SMILES string of the molecule is COc1cc(CNCCCN(C)C)cc(Br)c1OCC(N)=O. The van der Waals surface area contributed by atoms with Crippen LogP contribution in [0.15, 0.2) is 16.6 Å². The van der Waals surface area contributed by atoms with Crippen LogP contribution >= 0.6 is 15.9 Å². The highest BCUT2D eigenvalue weighted by Crippen LogP contribution is 2.36. The second-order valence-electron chi connectivity index (χ2n) is 5.20. The lowest BCUT2D eigenvalue weighted by Gasteiger charge is -2.14. The number of carbonyl (C=O) groups excluding carboxylic acids is 1. The van der Waals surface area contributed by atoms with Gasteiger partial charge in [0.2, 0.25) is 0 Å². The van der Waals surface area contributed by atoms with Gasteiger partial charge in [0.25, 0.3) is 5.91 Å². The second-order valence-corrected chi connectivity index (χ2v) is 6.05. The molecule has 0 fully saturated rings. The number of carbonyl (C=O) groups is 1. The molecule has 22 heavy (non-hydrogen) atoms. The third-order valence-corrected chi connectivity index (χ3v) is 3.53. The van der Waals surface area contributed by atoms with Crippen molar-refractivity contribution in [3.8, 4) is 11.5 Å². The van der Waals surface area contributed by atoms with Crippen LogP contribution in [0.3, 0.4) is 0 Å². The van der Waals surface area contributed by atoms with Crippen LogP contribution in [0.25, 0.3) is 0 Å². The number of primary amides is 1. The van der Waals surface area contributed by atoms with Crippen LogP contribution in [-0.2, 0) is 11.3 Å². The Morgan fingerprint density at radius 2 is 2.14 bits per heavy atom. The van der Waals surface area contributed by atoms with Crippen molar-refractivity contribution in [2.75, 3.05) is 40.9 Å². The predicted octanol–water partition coefficient (Wildman–Crippen LogP) is 1.36. The molecule has 0 heterocycles. The Morgan fingerprint density at radius 3 is 2.73 bits per heavy atom. The monoisotopic (exact) mass is 373 g/mol. The molecular formula is C15H24BrN3O3. The largest absolute Gasteiger partial charge is 0.493 e. The van der Waals surface area contributed by atoms with E-state index >= 15 is 0 Å². The first-order valence-corrected chi connectivity index (χ1v) is 7.86. The van der Waals surface area contributed by atoms with Gasteiger partial charge in [0.05, 0.1) is 11.6 Å². The fourth-order valence-electron chi connectivity index (χ4n) is 1.91. The topological polar surface area (TPSA) is 76.8 Å². The van der Waals surface area contributed by atoms with Gasteiger partial charge in [-0.25, -0.2) is 0 Å². The maximum Gasteiger partial charge on any atom is 0.255 e. The first kappa shape index (κ1) is 18.7. The van der Waals surface area contributed by atoms with Crippen molar-refractivity contribution >= 4 is 21.8 Å². The average Bonchev–Trinajstić information content (AvgIpc) is 2.44. The molecule has 0 unspecified atom stereocenters. The van der Waals surface area contributed by atoms with Gasteiger partial charge in [0, 0.05) is 6.54 Å². The summed E-state index contributed by atoms with van der Waals surface area (Å²) in [6.45, 7) is 2.55. The minimum Gasteiger partial charge on any atom is -0.493 e. The molecule has 7 heteroatoms. The van der Waals surface area contributed by atoms with E-state index in [1.807, 2.05) is 12.1 Å². The van der Waals surface area contributed by atoms with Gasteiger partial charge >= 0.3 is 0 Å². The quantitative estimate of drug-likeness (QED) is 0.605. The van der Waals surface area contributed by atoms with Crippen LogP contribution in [0.2, 0.25) is 0 Å². The number of amides is 1. The number of methoxy groups -OCH3 is 1. The van der Waals surface area contributed by atoms with Crippen LogP contribution in [-0.4, -0.2) is 51.7 Å². The fourth-order valence-corrected chi connectivity index (χ4v) is 2.52. The highest BCUT2D eigenvalue weighted by Gasteiger charge is 2.12. The number of ether oxygens (including phenoxy) is 2. The van der Waals surface area contributed by atoms with Crippen molar-refractivity contribution in [1.82, 2.24) is 10.2 Å². The van der Waals surface area contributed by atoms with Gasteiger partial charge in [-0.15, -0.1) is 0 Å². The van der Waals surface area contributed by atoms with Gasteiger partial charge in [0.15, 0.2) is 18.1 Å². The highest BCUT2D eigenvalue weighted by atomic mass is 79.9. The summed E-state index contributed by atoms with van der Waals surface area (Å²) in [7, 11) is 5.69. The van der Waals surface area contributed by atoms with E-state index in [2.05, 4.69) is 40.2 Å². The van der Waals surface area contributed by atoms with Crippen LogP contribution in [0, 0.1) is 0 Å². The number of hydrogen-bond acceptors (Lipinski definition) is 5. The summed E-state index contributed by atoms with van der Waals surface area (Å²) in [5.41, 5.74) is 6.16. The van der Waals surface area contributed by atoms with E-state index < -0.39 is 5.91 Å². The number of rotatable bonds is 10. The first-order chi connectivity index (χ1) is 10.4. The summed E-state index contributed by atoms with van der Waals surface area (Å²) < 4.78 is 11.4. The Kier molecular flexibility index (Phi) is 8.22. The molecule has 0 aliphatic heterocycles. The molecule has 0 spiro atoms. The number of nitrogens with two attached hydrogens (primary N) is 1. The highest BCUT2D eigenvalue weighted by molar-refractivity contribution is 9.10. The average molecular weight is 374 g/mol. The molecule has 124 valence electrons. The van der Waals surface area contributed by atoms with E-state index in [1.165, 1.54) is 0 Å². The standard InChI is InChI=1S/C15H24BrN3O3/c1-19(2)6-4-5-18-9-11-7-12(16)15(13(8-11)21-3)22-10-14(17)20/h7-8,18H,4-6,9-10H2,1-3H3,(H2,17,20). The van der Waals surface area contributed by atoms with Crippen LogP contribution < -0.4 is 20.5 Å². The molecule has 1 aromatic carbocycles. The molecule has 0 aliphatic rings. The van der Waals surface area contributed by atoms with Crippen molar-refractivity contribution in [2.24, 2.45) is 5.73 Å². The zero-order valence-electron chi connectivity index (χ0n) is 13.3. The molecule has 0 bridgehead atoms. The summed E-state index contributed by atoms with van der Waals surface area (Å²) in [6, 6.07) is 3.83. The molecule has 0 aromatic heterocycles. The van der Waals surface area contributed by atoms with Gasteiger partial charge in [-0.05, 0) is 67.2 Å². The number of benzene rings is 1. The minimum atomic E-state index is -0.527. The van der Waals surface area contributed by atoms with E-state index in [4.69, 9.17) is 15.2 Å². The Bertz CT molecular complexity index is 495. The summed E-state index contributed by atoms with van der Waals surface area (Å²) in [4.78, 5) is 13.0. The number of nitrogens with zero attached hydrogens (tertiary/aromatic N) is 1. The normalized spacial score (nSPS) is 10.8. The van der Waals surface area contributed by atoms with E-state index in [1.54, 1.807) is 7.11 Å². The zero-order valence-corrected chi connectivity index (χ0v) is 14.9. The molecule has 6 nitrogen and oxygen atoms in total. The molecular weight excluding hydrogens is 350 g/mol. The number of hydrogen-bond donors (Lipinski definition) is 2. The third-order valence-electron chi connectivity index (χ3n) is 2.94. The number of nitrogens with one attached hydrogen (secondary N) is 1. The zero-order chi connectivity index (χ0) is 16.5. The Hall–Kier alpha value is -1.31. The lowest BCUT2D eigenvalue weighted by Crippen LogP contribution is -2.21. The van der Waals surface area contributed by atoms with E-state index in [0.29, 0.717) is 11.5 Å². The van der Waals surface area contributed by atoms with Gasteiger partial charge < -0.3 is 25.4 Å². The lowest BCUT2D eigenvalue weighted by atomic mass is 10.2. The third kappa shape index (κ3) is 6.64. The van der Waals surface area contributed by atoms with Crippen molar-refractivity contribution in [2.45, 2.75) is 13.0 Å². The molecule has 0 radical (unpaired) electrons. The van der Waals surface area contributed by atoms with Crippen molar-refractivity contribution in [1.29, 1.82) is 0 Å².